The van der Waals surface area contributed by atoms with E-state index in [9.17, 15) is 9.59 Å². The van der Waals surface area contributed by atoms with Gasteiger partial charge in [0.05, 0.1) is 24.4 Å². The highest BCUT2D eigenvalue weighted by atomic mass is 16.5. The van der Waals surface area contributed by atoms with Gasteiger partial charge in [0.1, 0.15) is 0 Å². The standard InChI is InChI=1S/C10H16N2O3/c1-4-9(11-3)8(2)12-10(14)5-6-15-7-13/h7H,2,4-6H2,1,3H3,(H,12,14). The Kier molecular flexibility index (Phi) is 6.88. The molecule has 15 heavy (non-hydrogen) atoms. The molecule has 0 atom stereocenters. The summed E-state index contributed by atoms with van der Waals surface area (Å²) in [7, 11) is 1.64. The molecule has 0 unspecified atom stereocenters. The fraction of sp³-hybridized carbons (Fsp3) is 0.500. The summed E-state index contributed by atoms with van der Waals surface area (Å²) in [5, 5.41) is 2.58. The van der Waals surface area contributed by atoms with Crippen LogP contribution >= 0.6 is 0 Å². The smallest absolute Gasteiger partial charge is 0.293 e. The molecule has 0 saturated carbocycles. The van der Waals surface area contributed by atoms with Crippen molar-refractivity contribution in [2.24, 2.45) is 4.99 Å². The molecule has 84 valence electrons. The van der Waals surface area contributed by atoms with E-state index in [0.29, 0.717) is 18.6 Å². The Balaban J connectivity index is 3.96. The van der Waals surface area contributed by atoms with Gasteiger partial charge in [0.2, 0.25) is 5.91 Å². The summed E-state index contributed by atoms with van der Waals surface area (Å²) in [6, 6.07) is 0. The van der Waals surface area contributed by atoms with E-state index in [2.05, 4.69) is 21.6 Å². The van der Waals surface area contributed by atoms with Crippen LogP contribution in [0.2, 0.25) is 0 Å². The second-order valence-corrected chi connectivity index (χ2v) is 2.77. The maximum atomic E-state index is 11.2. The highest BCUT2D eigenvalue weighted by molar-refractivity contribution is 6.02. The largest absolute Gasteiger partial charge is 0.467 e. The van der Waals surface area contributed by atoms with Gasteiger partial charge in [-0.1, -0.05) is 13.5 Å². The van der Waals surface area contributed by atoms with Crippen molar-refractivity contribution >= 4 is 18.1 Å². The molecule has 0 aliphatic carbocycles. The molecule has 0 aromatic rings. The van der Waals surface area contributed by atoms with E-state index in [1.165, 1.54) is 0 Å². The number of carbonyl (C=O) groups is 2. The van der Waals surface area contributed by atoms with Gasteiger partial charge in [-0.25, -0.2) is 0 Å². The first kappa shape index (κ1) is 13.4. The summed E-state index contributed by atoms with van der Waals surface area (Å²) in [4.78, 5) is 25.0. The van der Waals surface area contributed by atoms with Gasteiger partial charge in [0, 0.05) is 7.05 Å². The first-order chi connectivity index (χ1) is 7.15. The van der Waals surface area contributed by atoms with Crippen LogP contribution in [0.1, 0.15) is 19.8 Å². The molecule has 5 heteroatoms. The molecule has 5 nitrogen and oxygen atoms in total. The predicted molar refractivity (Wildman–Crippen MR) is 57.6 cm³/mol. The lowest BCUT2D eigenvalue weighted by molar-refractivity contribution is -0.130. The van der Waals surface area contributed by atoms with Crippen LogP contribution in [0, 0.1) is 0 Å². The number of amides is 1. The molecular weight excluding hydrogens is 196 g/mol. The fourth-order valence-electron chi connectivity index (χ4n) is 1.01. The van der Waals surface area contributed by atoms with Gasteiger partial charge < -0.3 is 10.1 Å². The lowest BCUT2D eigenvalue weighted by Crippen LogP contribution is -2.27. The normalized spacial score (nSPS) is 10.7. The van der Waals surface area contributed by atoms with Gasteiger partial charge in [-0.05, 0) is 6.42 Å². The topological polar surface area (TPSA) is 67.8 Å². The van der Waals surface area contributed by atoms with Crippen LogP contribution in [-0.4, -0.2) is 31.7 Å². The van der Waals surface area contributed by atoms with Crippen LogP contribution in [0.4, 0.5) is 0 Å². The highest BCUT2D eigenvalue weighted by Gasteiger charge is 2.06. The molecule has 1 amide bonds. The molecule has 0 fully saturated rings. The number of nitrogens with one attached hydrogen (secondary N) is 1. The van der Waals surface area contributed by atoms with Crippen LogP contribution in [0.3, 0.4) is 0 Å². The Labute approximate surface area is 89.2 Å². The van der Waals surface area contributed by atoms with Gasteiger partial charge in [0.15, 0.2) is 0 Å². The average molecular weight is 212 g/mol. The van der Waals surface area contributed by atoms with E-state index in [4.69, 9.17) is 0 Å². The van der Waals surface area contributed by atoms with Crippen LogP contribution in [0.5, 0.6) is 0 Å². The molecule has 0 heterocycles. The molecule has 0 rings (SSSR count). The molecule has 0 aliphatic heterocycles. The molecule has 0 aromatic heterocycles. The van der Waals surface area contributed by atoms with E-state index < -0.39 is 0 Å². The molecule has 0 aromatic carbocycles. The molecule has 0 bridgehead atoms. The summed E-state index contributed by atoms with van der Waals surface area (Å²) in [6.45, 7) is 6.01. The van der Waals surface area contributed by atoms with E-state index in [-0.39, 0.29) is 18.9 Å². The summed E-state index contributed by atoms with van der Waals surface area (Å²) in [6.07, 6.45) is 0.832. The average Bonchev–Trinajstić information content (AvgIpc) is 2.20. The summed E-state index contributed by atoms with van der Waals surface area (Å²) >= 11 is 0. The summed E-state index contributed by atoms with van der Waals surface area (Å²) in [5.74, 6) is -0.239. The van der Waals surface area contributed by atoms with Crippen molar-refractivity contribution in [3.8, 4) is 0 Å². The van der Waals surface area contributed by atoms with E-state index in [1.807, 2.05) is 6.92 Å². The molecule has 0 saturated heterocycles. The Morgan fingerprint density at radius 3 is 2.73 bits per heavy atom. The van der Waals surface area contributed by atoms with Gasteiger partial charge in [-0.2, -0.15) is 0 Å². The lowest BCUT2D eigenvalue weighted by atomic mass is 10.2. The number of allylic oxidation sites excluding steroid dienone is 1. The zero-order chi connectivity index (χ0) is 11.7. The molecular formula is C10H16N2O3. The number of hydrogen-bond donors (Lipinski definition) is 1. The van der Waals surface area contributed by atoms with Crippen molar-refractivity contribution < 1.29 is 14.3 Å². The second kappa shape index (κ2) is 7.73. The molecule has 1 N–H and O–H groups in total. The maximum Gasteiger partial charge on any atom is 0.293 e. The van der Waals surface area contributed by atoms with Crippen molar-refractivity contribution in [2.75, 3.05) is 13.7 Å². The third kappa shape index (κ3) is 5.61. The van der Waals surface area contributed by atoms with Crippen molar-refractivity contribution in [3.63, 3.8) is 0 Å². The second-order valence-electron chi connectivity index (χ2n) is 2.77. The molecule has 0 spiro atoms. The minimum Gasteiger partial charge on any atom is -0.467 e. The SMILES string of the molecule is C=C(NC(=O)CCOC=O)C(CC)=NC. The highest BCUT2D eigenvalue weighted by Crippen LogP contribution is 1.96. The Morgan fingerprint density at radius 2 is 2.27 bits per heavy atom. The van der Waals surface area contributed by atoms with Gasteiger partial charge in [0.25, 0.3) is 6.47 Å². The van der Waals surface area contributed by atoms with E-state index in [1.54, 1.807) is 7.05 Å². The van der Waals surface area contributed by atoms with Crippen molar-refractivity contribution in [1.82, 2.24) is 5.32 Å². The van der Waals surface area contributed by atoms with Gasteiger partial charge in [-0.15, -0.1) is 0 Å². The number of nitrogens with zero attached hydrogens (tertiary/aromatic N) is 1. The zero-order valence-electron chi connectivity index (χ0n) is 9.08. The first-order valence-electron chi connectivity index (χ1n) is 4.65. The third-order valence-electron chi connectivity index (χ3n) is 1.76. The van der Waals surface area contributed by atoms with Crippen molar-refractivity contribution in [1.29, 1.82) is 0 Å². The number of rotatable bonds is 7. The predicted octanol–water partition coefficient (Wildman–Crippen LogP) is 0.660. The van der Waals surface area contributed by atoms with Crippen LogP contribution in [0.15, 0.2) is 17.3 Å². The van der Waals surface area contributed by atoms with Crippen LogP contribution < -0.4 is 5.32 Å². The minimum absolute atomic E-state index is 0.0767. The van der Waals surface area contributed by atoms with Crippen molar-refractivity contribution in [3.05, 3.63) is 12.3 Å². The van der Waals surface area contributed by atoms with Crippen molar-refractivity contribution in [2.45, 2.75) is 19.8 Å². The quantitative estimate of drug-likeness (QED) is 0.383. The monoisotopic (exact) mass is 212 g/mol. The lowest BCUT2D eigenvalue weighted by Gasteiger charge is -2.08. The number of aliphatic imine (C=N–C) groups is 1. The Morgan fingerprint density at radius 1 is 1.60 bits per heavy atom. The van der Waals surface area contributed by atoms with Gasteiger partial charge >= 0.3 is 0 Å². The fourth-order valence-corrected chi connectivity index (χ4v) is 1.01. The first-order valence-corrected chi connectivity index (χ1v) is 4.65. The number of hydrogen-bond acceptors (Lipinski definition) is 4. The number of carbonyl (C=O) groups excluding carboxylic acids is 2. The number of ether oxygens (including phenoxy) is 1. The van der Waals surface area contributed by atoms with E-state index >= 15 is 0 Å². The van der Waals surface area contributed by atoms with Crippen LogP contribution in [-0.2, 0) is 14.3 Å². The maximum absolute atomic E-state index is 11.2. The third-order valence-corrected chi connectivity index (χ3v) is 1.76. The zero-order valence-corrected chi connectivity index (χ0v) is 9.08. The van der Waals surface area contributed by atoms with E-state index in [0.717, 1.165) is 5.71 Å². The minimum atomic E-state index is -0.239. The molecule has 0 radical (unpaired) electrons. The Hall–Kier alpha value is -1.65. The summed E-state index contributed by atoms with van der Waals surface area (Å²) < 4.78 is 4.40. The summed E-state index contributed by atoms with van der Waals surface area (Å²) in [5.41, 5.74) is 1.25. The Bertz CT molecular complexity index is 272. The molecule has 0 aliphatic rings. The van der Waals surface area contributed by atoms with Crippen LogP contribution in [0.25, 0.3) is 0 Å². The van der Waals surface area contributed by atoms with Gasteiger partial charge in [-0.3, -0.25) is 14.6 Å².